The molecule has 2 aromatic carbocycles. The van der Waals surface area contributed by atoms with E-state index in [-0.39, 0.29) is 5.82 Å². The lowest BCUT2D eigenvalue weighted by molar-refractivity contribution is 0.627. The summed E-state index contributed by atoms with van der Waals surface area (Å²) in [7, 11) is 0. The Bertz CT molecular complexity index is 508. The van der Waals surface area contributed by atoms with Crippen LogP contribution in [-0.2, 0) is 6.54 Å². The van der Waals surface area contributed by atoms with E-state index in [0.717, 1.165) is 22.3 Å². The van der Waals surface area contributed by atoms with Crippen LogP contribution in [0.2, 0.25) is 0 Å². The molecule has 0 radical (unpaired) electrons. The monoisotopic (exact) mass is 293 g/mol. The van der Waals surface area contributed by atoms with Gasteiger partial charge in [0.2, 0.25) is 0 Å². The van der Waals surface area contributed by atoms with Gasteiger partial charge in [-0.05, 0) is 48.4 Å². The molecule has 88 valence electrons. The van der Waals surface area contributed by atoms with Crippen molar-refractivity contribution in [1.82, 2.24) is 0 Å². The minimum Gasteiger partial charge on any atom is -0.381 e. The Morgan fingerprint density at radius 1 is 1.12 bits per heavy atom. The topological polar surface area (TPSA) is 12.0 Å². The lowest BCUT2D eigenvalue weighted by Crippen LogP contribution is -2.01. The van der Waals surface area contributed by atoms with Crippen LogP contribution < -0.4 is 5.32 Å². The van der Waals surface area contributed by atoms with E-state index in [1.807, 2.05) is 19.1 Å². The minimum atomic E-state index is -0.198. The van der Waals surface area contributed by atoms with Crippen molar-refractivity contribution >= 4 is 21.6 Å². The summed E-state index contributed by atoms with van der Waals surface area (Å²) in [4.78, 5) is 0. The van der Waals surface area contributed by atoms with Crippen LogP contribution in [0, 0.1) is 12.7 Å². The molecule has 0 saturated carbocycles. The standard InChI is InChI=1S/C14H13BrFN/c1-10-8-13(16)6-7-14(10)17-9-11-2-4-12(15)5-3-11/h2-8,17H,9H2,1H3. The second-order valence-electron chi connectivity index (χ2n) is 3.94. The van der Waals surface area contributed by atoms with E-state index in [1.54, 1.807) is 6.07 Å². The quantitative estimate of drug-likeness (QED) is 0.878. The summed E-state index contributed by atoms with van der Waals surface area (Å²) in [6.45, 7) is 2.63. The molecule has 0 atom stereocenters. The number of halogens is 2. The van der Waals surface area contributed by atoms with Crippen molar-refractivity contribution in [1.29, 1.82) is 0 Å². The van der Waals surface area contributed by atoms with E-state index in [0.29, 0.717) is 0 Å². The fourth-order valence-corrected chi connectivity index (χ4v) is 1.89. The molecular formula is C14H13BrFN. The first-order valence-electron chi connectivity index (χ1n) is 5.39. The van der Waals surface area contributed by atoms with Gasteiger partial charge in [0.15, 0.2) is 0 Å². The Hall–Kier alpha value is -1.35. The van der Waals surface area contributed by atoms with Crippen LogP contribution in [0.4, 0.5) is 10.1 Å². The van der Waals surface area contributed by atoms with Crippen molar-refractivity contribution in [2.75, 3.05) is 5.32 Å². The number of hydrogen-bond acceptors (Lipinski definition) is 1. The summed E-state index contributed by atoms with van der Waals surface area (Å²) in [5.41, 5.74) is 3.08. The molecule has 0 aliphatic carbocycles. The van der Waals surface area contributed by atoms with Crippen LogP contribution in [0.25, 0.3) is 0 Å². The maximum Gasteiger partial charge on any atom is 0.123 e. The van der Waals surface area contributed by atoms with Crippen molar-refractivity contribution in [3.8, 4) is 0 Å². The molecule has 0 saturated heterocycles. The summed E-state index contributed by atoms with van der Waals surface area (Å²) in [5.74, 6) is -0.198. The molecule has 0 unspecified atom stereocenters. The number of hydrogen-bond donors (Lipinski definition) is 1. The summed E-state index contributed by atoms with van der Waals surface area (Å²) in [6.07, 6.45) is 0. The van der Waals surface area contributed by atoms with Crippen LogP contribution in [-0.4, -0.2) is 0 Å². The van der Waals surface area contributed by atoms with E-state index >= 15 is 0 Å². The molecule has 0 spiro atoms. The molecule has 0 fully saturated rings. The second kappa shape index (κ2) is 5.32. The van der Waals surface area contributed by atoms with Crippen LogP contribution >= 0.6 is 15.9 Å². The average Bonchev–Trinajstić information content (AvgIpc) is 2.30. The molecule has 0 aliphatic heterocycles. The first-order valence-corrected chi connectivity index (χ1v) is 6.19. The maximum atomic E-state index is 12.9. The molecule has 0 aromatic heterocycles. The molecule has 1 nitrogen and oxygen atoms in total. The van der Waals surface area contributed by atoms with Gasteiger partial charge in [-0.3, -0.25) is 0 Å². The normalized spacial score (nSPS) is 10.3. The van der Waals surface area contributed by atoms with Gasteiger partial charge < -0.3 is 5.32 Å². The zero-order chi connectivity index (χ0) is 12.3. The fraction of sp³-hybridized carbons (Fsp3) is 0.143. The Labute approximate surface area is 109 Å². The minimum absolute atomic E-state index is 0.198. The van der Waals surface area contributed by atoms with Gasteiger partial charge in [0.25, 0.3) is 0 Å². The van der Waals surface area contributed by atoms with E-state index in [2.05, 4.69) is 33.4 Å². The Morgan fingerprint density at radius 3 is 2.47 bits per heavy atom. The molecule has 0 aliphatic rings. The van der Waals surface area contributed by atoms with E-state index < -0.39 is 0 Å². The molecule has 0 bridgehead atoms. The Balaban J connectivity index is 2.04. The predicted molar refractivity (Wildman–Crippen MR) is 72.6 cm³/mol. The highest BCUT2D eigenvalue weighted by Gasteiger charge is 1.99. The number of nitrogens with one attached hydrogen (secondary N) is 1. The van der Waals surface area contributed by atoms with Gasteiger partial charge in [0, 0.05) is 16.7 Å². The number of benzene rings is 2. The molecular weight excluding hydrogens is 281 g/mol. The highest BCUT2D eigenvalue weighted by Crippen LogP contribution is 2.17. The molecule has 0 heterocycles. The van der Waals surface area contributed by atoms with Crippen LogP contribution in [0.5, 0.6) is 0 Å². The SMILES string of the molecule is Cc1cc(F)ccc1NCc1ccc(Br)cc1. The smallest absolute Gasteiger partial charge is 0.123 e. The molecule has 2 aromatic rings. The second-order valence-corrected chi connectivity index (χ2v) is 4.85. The van der Waals surface area contributed by atoms with Gasteiger partial charge in [0.05, 0.1) is 0 Å². The van der Waals surface area contributed by atoms with E-state index in [4.69, 9.17) is 0 Å². The molecule has 2 rings (SSSR count). The van der Waals surface area contributed by atoms with E-state index in [9.17, 15) is 4.39 Å². The summed E-state index contributed by atoms with van der Waals surface area (Å²) < 4.78 is 14.0. The summed E-state index contributed by atoms with van der Waals surface area (Å²) in [6, 6.07) is 12.9. The molecule has 0 amide bonds. The number of rotatable bonds is 3. The fourth-order valence-electron chi connectivity index (χ4n) is 1.62. The van der Waals surface area contributed by atoms with Crippen LogP contribution in [0.15, 0.2) is 46.9 Å². The summed E-state index contributed by atoms with van der Waals surface area (Å²) >= 11 is 3.40. The first kappa shape index (κ1) is 12.1. The highest BCUT2D eigenvalue weighted by molar-refractivity contribution is 9.10. The predicted octanol–water partition coefficient (Wildman–Crippen LogP) is 4.51. The zero-order valence-corrected chi connectivity index (χ0v) is 11.1. The zero-order valence-electron chi connectivity index (χ0n) is 9.50. The van der Waals surface area contributed by atoms with Crippen molar-refractivity contribution in [2.45, 2.75) is 13.5 Å². The van der Waals surface area contributed by atoms with Gasteiger partial charge in [0.1, 0.15) is 5.82 Å². The molecule has 1 N–H and O–H groups in total. The third kappa shape index (κ3) is 3.30. The Kier molecular flexibility index (Phi) is 3.79. The Morgan fingerprint density at radius 2 is 1.82 bits per heavy atom. The van der Waals surface area contributed by atoms with Crippen molar-refractivity contribution in [2.24, 2.45) is 0 Å². The van der Waals surface area contributed by atoms with Crippen LogP contribution in [0.1, 0.15) is 11.1 Å². The molecule has 3 heteroatoms. The third-order valence-corrected chi connectivity index (χ3v) is 3.11. The first-order chi connectivity index (χ1) is 8.15. The van der Waals surface area contributed by atoms with Crippen molar-refractivity contribution < 1.29 is 4.39 Å². The third-order valence-electron chi connectivity index (χ3n) is 2.58. The van der Waals surface area contributed by atoms with Crippen LogP contribution in [0.3, 0.4) is 0 Å². The average molecular weight is 294 g/mol. The molecule has 17 heavy (non-hydrogen) atoms. The van der Waals surface area contributed by atoms with Gasteiger partial charge in [-0.15, -0.1) is 0 Å². The number of anilines is 1. The van der Waals surface area contributed by atoms with Crippen molar-refractivity contribution in [3.05, 3.63) is 63.9 Å². The largest absolute Gasteiger partial charge is 0.381 e. The maximum absolute atomic E-state index is 12.9. The van der Waals surface area contributed by atoms with Gasteiger partial charge in [-0.25, -0.2) is 4.39 Å². The van der Waals surface area contributed by atoms with Gasteiger partial charge in [-0.2, -0.15) is 0 Å². The van der Waals surface area contributed by atoms with Crippen molar-refractivity contribution in [3.63, 3.8) is 0 Å². The van der Waals surface area contributed by atoms with E-state index in [1.165, 1.54) is 17.7 Å². The highest BCUT2D eigenvalue weighted by atomic mass is 79.9. The van der Waals surface area contributed by atoms with Gasteiger partial charge in [-0.1, -0.05) is 28.1 Å². The van der Waals surface area contributed by atoms with Gasteiger partial charge >= 0.3 is 0 Å². The lowest BCUT2D eigenvalue weighted by atomic mass is 10.1. The lowest BCUT2D eigenvalue weighted by Gasteiger charge is -2.09. The summed E-state index contributed by atoms with van der Waals surface area (Å²) in [5, 5.41) is 3.29. The number of aryl methyl sites for hydroxylation is 1.